The first-order chi connectivity index (χ1) is 8.69. The molecule has 0 saturated carbocycles. The third kappa shape index (κ3) is 1.92. The lowest BCUT2D eigenvalue weighted by Crippen LogP contribution is -2.04. The molecule has 0 amide bonds. The summed E-state index contributed by atoms with van der Waals surface area (Å²) in [5.74, 6) is 0.297. The minimum atomic E-state index is 0.128. The van der Waals surface area contributed by atoms with Crippen molar-refractivity contribution in [1.29, 1.82) is 0 Å². The molecule has 3 heterocycles. The second-order valence-corrected chi connectivity index (χ2v) is 6.00. The molecule has 2 aromatic rings. The molecular weight excluding hydrogens is 274 g/mol. The van der Waals surface area contributed by atoms with Crippen LogP contribution in [0.25, 0.3) is 11.2 Å². The fraction of sp³-hybridized carbons (Fsp3) is 0.500. The van der Waals surface area contributed by atoms with Gasteiger partial charge in [-0.3, -0.25) is 0 Å². The van der Waals surface area contributed by atoms with Crippen LogP contribution in [0.5, 0.6) is 0 Å². The molecule has 2 atom stereocenters. The van der Waals surface area contributed by atoms with E-state index in [1.54, 1.807) is 18.1 Å². The lowest BCUT2D eigenvalue weighted by atomic mass is 10.2. The SMILES string of the molecule is Nc1nc(Cl)nc2c1ncn2[C@H]1CC[C@H](CO)S1. The first kappa shape index (κ1) is 12.0. The third-order valence-electron chi connectivity index (χ3n) is 3.02. The number of aliphatic hydroxyl groups is 1. The van der Waals surface area contributed by atoms with Gasteiger partial charge in [0, 0.05) is 5.25 Å². The van der Waals surface area contributed by atoms with Gasteiger partial charge in [0.05, 0.1) is 18.3 Å². The van der Waals surface area contributed by atoms with Gasteiger partial charge in [-0.1, -0.05) is 0 Å². The summed E-state index contributed by atoms with van der Waals surface area (Å²) in [6.07, 6.45) is 3.67. The second-order valence-electron chi connectivity index (χ2n) is 4.17. The summed E-state index contributed by atoms with van der Waals surface area (Å²) in [6, 6.07) is 0. The van der Waals surface area contributed by atoms with Crippen molar-refractivity contribution in [2.75, 3.05) is 12.3 Å². The molecule has 0 unspecified atom stereocenters. The van der Waals surface area contributed by atoms with E-state index in [9.17, 15) is 5.11 Å². The topological polar surface area (TPSA) is 89.9 Å². The number of imidazole rings is 1. The number of nitrogen functional groups attached to an aromatic ring is 1. The first-order valence-corrected chi connectivity index (χ1v) is 6.93. The van der Waals surface area contributed by atoms with Crippen molar-refractivity contribution in [2.24, 2.45) is 0 Å². The van der Waals surface area contributed by atoms with Crippen molar-refractivity contribution >= 4 is 40.3 Å². The summed E-state index contributed by atoms with van der Waals surface area (Å²) in [4.78, 5) is 12.3. The Balaban J connectivity index is 2.03. The quantitative estimate of drug-likeness (QED) is 0.812. The number of nitrogens with two attached hydrogens (primary N) is 1. The van der Waals surface area contributed by atoms with Crippen LogP contribution >= 0.6 is 23.4 Å². The van der Waals surface area contributed by atoms with Gasteiger partial charge < -0.3 is 15.4 Å². The monoisotopic (exact) mass is 285 g/mol. The number of aliphatic hydroxyl groups excluding tert-OH is 1. The Morgan fingerprint density at radius 2 is 2.33 bits per heavy atom. The summed E-state index contributed by atoms with van der Waals surface area (Å²) in [5, 5.41) is 9.80. The summed E-state index contributed by atoms with van der Waals surface area (Å²) >= 11 is 7.55. The van der Waals surface area contributed by atoms with Gasteiger partial charge in [-0.25, -0.2) is 4.98 Å². The zero-order valence-electron chi connectivity index (χ0n) is 9.45. The highest BCUT2D eigenvalue weighted by Crippen LogP contribution is 2.42. The van der Waals surface area contributed by atoms with E-state index in [2.05, 4.69) is 15.0 Å². The number of rotatable bonds is 2. The Bertz CT molecular complexity index is 589. The fourth-order valence-electron chi connectivity index (χ4n) is 2.15. The van der Waals surface area contributed by atoms with E-state index in [4.69, 9.17) is 17.3 Å². The molecule has 3 N–H and O–H groups in total. The molecule has 8 heteroatoms. The molecule has 6 nitrogen and oxygen atoms in total. The molecule has 0 bridgehead atoms. The molecule has 96 valence electrons. The van der Waals surface area contributed by atoms with Crippen LogP contribution in [0.3, 0.4) is 0 Å². The van der Waals surface area contributed by atoms with Crippen LogP contribution in [-0.4, -0.2) is 36.5 Å². The Morgan fingerprint density at radius 3 is 3.06 bits per heavy atom. The van der Waals surface area contributed by atoms with E-state index >= 15 is 0 Å². The van der Waals surface area contributed by atoms with Gasteiger partial charge in [0.15, 0.2) is 11.5 Å². The molecule has 0 aliphatic carbocycles. The average Bonchev–Trinajstić information content (AvgIpc) is 2.93. The zero-order valence-corrected chi connectivity index (χ0v) is 11.0. The molecular formula is C10H12ClN5OS. The summed E-state index contributed by atoms with van der Waals surface area (Å²) in [6.45, 7) is 0.200. The van der Waals surface area contributed by atoms with Crippen LogP contribution in [-0.2, 0) is 0 Å². The van der Waals surface area contributed by atoms with E-state index in [0.29, 0.717) is 17.0 Å². The number of aromatic nitrogens is 4. The Morgan fingerprint density at radius 1 is 1.50 bits per heavy atom. The smallest absolute Gasteiger partial charge is 0.226 e. The lowest BCUT2D eigenvalue weighted by Gasteiger charge is -2.12. The molecule has 18 heavy (non-hydrogen) atoms. The maximum Gasteiger partial charge on any atom is 0.226 e. The molecule has 1 aliphatic heterocycles. The molecule has 1 saturated heterocycles. The number of halogens is 1. The summed E-state index contributed by atoms with van der Waals surface area (Å²) in [7, 11) is 0. The van der Waals surface area contributed by atoms with E-state index < -0.39 is 0 Å². The predicted octanol–water partition coefficient (Wildman–Crippen LogP) is 1.45. The van der Waals surface area contributed by atoms with Gasteiger partial charge >= 0.3 is 0 Å². The molecule has 1 aliphatic rings. The van der Waals surface area contributed by atoms with E-state index in [1.165, 1.54) is 0 Å². The number of fused-ring (bicyclic) bond motifs is 1. The lowest BCUT2D eigenvalue weighted by molar-refractivity contribution is 0.292. The predicted molar refractivity (Wildman–Crippen MR) is 71.5 cm³/mol. The minimum Gasteiger partial charge on any atom is -0.395 e. The number of nitrogens with zero attached hydrogens (tertiary/aromatic N) is 4. The minimum absolute atomic E-state index is 0.128. The van der Waals surface area contributed by atoms with Crippen molar-refractivity contribution in [3.63, 3.8) is 0 Å². The normalized spacial score (nSPS) is 23.9. The highest BCUT2D eigenvalue weighted by atomic mass is 35.5. The highest BCUT2D eigenvalue weighted by molar-refractivity contribution is 8.00. The Labute approximate surface area is 113 Å². The van der Waals surface area contributed by atoms with Gasteiger partial charge in [0.25, 0.3) is 0 Å². The van der Waals surface area contributed by atoms with E-state index in [1.807, 2.05) is 4.57 Å². The molecule has 0 spiro atoms. The van der Waals surface area contributed by atoms with E-state index in [-0.39, 0.29) is 22.5 Å². The van der Waals surface area contributed by atoms with Gasteiger partial charge in [-0.2, -0.15) is 9.97 Å². The molecule has 1 fully saturated rings. The van der Waals surface area contributed by atoms with Crippen LogP contribution in [0.1, 0.15) is 18.2 Å². The van der Waals surface area contributed by atoms with Crippen molar-refractivity contribution in [3.05, 3.63) is 11.6 Å². The molecule has 3 rings (SSSR count). The molecule has 0 aromatic carbocycles. The Hall–Kier alpha value is -1.05. The van der Waals surface area contributed by atoms with Gasteiger partial charge in [0.1, 0.15) is 5.52 Å². The zero-order chi connectivity index (χ0) is 12.7. The van der Waals surface area contributed by atoms with Crippen LogP contribution in [0.4, 0.5) is 5.82 Å². The average molecular weight is 286 g/mol. The third-order valence-corrected chi connectivity index (χ3v) is 4.74. The van der Waals surface area contributed by atoms with Crippen LogP contribution in [0, 0.1) is 0 Å². The number of anilines is 1. The highest BCUT2D eigenvalue weighted by Gasteiger charge is 2.27. The van der Waals surface area contributed by atoms with Crippen molar-refractivity contribution < 1.29 is 5.11 Å². The van der Waals surface area contributed by atoms with Crippen LogP contribution in [0.15, 0.2) is 6.33 Å². The van der Waals surface area contributed by atoms with Crippen molar-refractivity contribution in [2.45, 2.75) is 23.5 Å². The van der Waals surface area contributed by atoms with E-state index in [0.717, 1.165) is 12.8 Å². The van der Waals surface area contributed by atoms with Crippen LogP contribution < -0.4 is 5.73 Å². The van der Waals surface area contributed by atoms with Crippen molar-refractivity contribution in [1.82, 2.24) is 19.5 Å². The number of hydrogen-bond acceptors (Lipinski definition) is 6. The fourth-order valence-corrected chi connectivity index (χ4v) is 3.68. The van der Waals surface area contributed by atoms with Gasteiger partial charge in [0.2, 0.25) is 5.28 Å². The number of thioether (sulfide) groups is 1. The second kappa shape index (κ2) is 4.56. The van der Waals surface area contributed by atoms with Crippen LogP contribution in [0.2, 0.25) is 5.28 Å². The standard InChI is InChI=1S/C10H12ClN5OS/c11-10-14-8(12)7-9(15-10)16(4-13-7)6-2-1-5(3-17)18-6/h4-6,17H,1-3H2,(H2,12,14,15)/t5-,6-/m1/s1. The first-order valence-electron chi connectivity index (χ1n) is 5.61. The summed E-state index contributed by atoms with van der Waals surface area (Å²) < 4.78 is 1.96. The maximum absolute atomic E-state index is 9.17. The van der Waals surface area contributed by atoms with Gasteiger partial charge in [-0.15, -0.1) is 11.8 Å². The molecule has 2 aromatic heterocycles. The van der Waals surface area contributed by atoms with Crippen molar-refractivity contribution in [3.8, 4) is 0 Å². The molecule has 0 radical (unpaired) electrons. The maximum atomic E-state index is 9.17. The summed E-state index contributed by atoms with van der Waals surface area (Å²) in [5.41, 5.74) is 7.00. The van der Waals surface area contributed by atoms with Gasteiger partial charge in [-0.05, 0) is 24.4 Å². The Kier molecular flexibility index (Phi) is 3.04. The number of hydrogen-bond donors (Lipinski definition) is 2. The largest absolute Gasteiger partial charge is 0.395 e.